The van der Waals surface area contributed by atoms with Crippen molar-refractivity contribution in [1.82, 2.24) is 30.2 Å². The topological polar surface area (TPSA) is 133 Å². The van der Waals surface area contributed by atoms with Gasteiger partial charge in [-0.2, -0.15) is 52.7 Å². The number of halogens is 12. The molecule has 1 unspecified atom stereocenters. The molecule has 10 nitrogen and oxygen atoms in total. The third-order valence-corrected chi connectivity index (χ3v) is 14.3. The number of aromatic nitrogens is 4. The van der Waals surface area contributed by atoms with Crippen molar-refractivity contribution in [2.45, 2.75) is 128 Å². The Morgan fingerprint density at radius 1 is 0.662 bits per heavy atom. The van der Waals surface area contributed by atoms with Gasteiger partial charge in [-0.1, -0.05) is 20.8 Å². The summed E-state index contributed by atoms with van der Waals surface area (Å²) in [5, 5.41) is 3.09. The minimum atomic E-state index is -5.24. The fourth-order valence-electron chi connectivity index (χ4n) is 10.4. The first-order valence-electron chi connectivity index (χ1n) is 23.4. The normalized spacial score (nSPS) is 18.8. The van der Waals surface area contributed by atoms with Gasteiger partial charge < -0.3 is 20.0 Å². The highest BCUT2D eigenvalue weighted by Gasteiger charge is 2.43. The van der Waals surface area contributed by atoms with Crippen LogP contribution in [0.25, 0.3) is 22.1 Å². The highest BCUT2D eigenvalue weighted by Crippen LogP contribution is 2.46. The maximum absolute atomic E-state index is 15.1. The first-order valence-corrected chi connectivity index (χ1v) is 23.4. The Morgan fingerprint density at radius 3 is 1.69 bits per heavy atom. The largest absolute Gasteiger partial charge is 0.469 e. The van der Waals surface area contributed by atoms with Crippen LogP contribution < -0.4 is 5.32 Å². The molecular formula is C52H48F12N6O4. The molecule has 5 atom stereocenters. The molecule has 394 valence electrons. The highest BCUT2D eigenvalue weighted by molar-refractivity contribution is 6.23. The molecular weight excluding hydrogens is 1000 g/mol. The van der Waals surface area contributed by atoms with Gasteiger partial charge in [0, 0.05) is 76.3 Å². The summed E-state index contributed by atoms with van der Waals surface area (Å²) in [5.41, 5.74) is -3.33. The van der Waals surface area contributed by atoms with Gasteiger partial charge in [0.1, 0.15) is 0 Å². The molecule has 5 aromatic rings. The van der Waals surface area contributed by atoms with E-state index < -0.39 is 101 Å². The van der Waals surface area contributed by atoms with Crippen molar-refractivity contribution in [3.8, 4) is 0 Å². The van der Waals surface area contributed by atoms with Crippen molar-refractivity contribution in [2.24, 2.45) is 0 Å². The third kappa shape index (κ3) is 10.1. The van der Waals surface area contributed by atoms with Gasteiger partial charge in [0.05, 0.1) is 58.2 Å². The van der Waals surface area contributed by atoms with Crippen molar-refractivity contribution < 1.29 is 71.8 Å². The number of hydrogen-bond donors (Lipinski definition) is 3. The number of nitrogens with zero attached hydrogens (tertiary/aromatic N) is 3. The lowest BCUT2D eigenvalue weighted by atomic mass is 9.84. The number of aryl methyl sites for hydroxylation is 2. The van der Waals surface area contributed by atoms with E-state index in [9.17, 15) is 62.3 Å². The predicted octanol–water partition coefficient (Wildman–Crippen LogP) is 13.8. The van der Waals surface area contributed by atoms with Gasteiger partial charge in [0.25, 0.3) is 11.8 Å². The quantitative estimate of drug-likeness (QED) is 0.0721. The average molecular weight is 1050 g/mol. The molecule has 2 aromatic carbocycles. The molecule has 3 aliphatic rings. The molecule has 6 heterocycles. The maximum atomic E-state index is 15.1. The Labute approximate surface area is 414 Å². The lowest BCUT2D eigenvalue weighted by molar-refractivity contribution is -0.144. The molecule has 74 heavy (non-hydrogen) atoms. The van der Waals surface area contributed by atoms with E-state index in [1.54, 1.807) is 45.9 Å². The fourth-order valence-corrected chi connectivity index (χ4v) is 10.4. The Balaban J connectivity index is 1.37. The van der Waals surface area contributed by atoms with E-state index in [1.165, 1.54) is 7.11 Å². The second kappa shape index (κ2) is 19.2. The summed E-state index contributed by atoms with van der Waals surface area (Å²) in [6, 6.07) is 6.58. The summed E-state index contributed by atoms with van der Waals surface area (Å²) in [4.78, 5) is 59.7. The number of methoxy groups -OCH3 is 1. The number of alkyl halides is 12. The summed E-state index contributed by atoms with van der Waals surface area (Å²) < 4.78 is 172. The van der Waals surface area contributed by atoms with E-state index in [0.717, 1.165) is 0 Å². The smallest absolute Gasteiger partial charge is 0.416 e. The number of nitrogens with one attached hydrogen (secondary N) is 3. The van der Waals surface area contributed by atoms with Gasteiger partial charge in [0.15, 0.2) is 0 Å². The number of benzene rings is 2. The first kappa shape index (κ1) is 53.6. The van der Waals surface area contributed by atoms with Gasteiger partial charge in [-0.3, -0.25) is 29.3 Å². The summed E-state index contributed by atoms with van der Waals surface area (Å²) in [6.07, 6.45) is -20.2. The molecule has 2 amide bonds. The molecule has 0 saturated carbocycles. The zero-order valence-corrected chi connectivity index (χ0v) is 40.6. The monoisotopic (exact) mass is 1050 g/mol. The Hall–Kier alpha value is -6.71. The van der Waals surface area contributed by atoms with Crippen LogP contribution in [-0.2, 0) is 47.3 Å². The zero-order chi connectivity index (χ0) is 54.3. The molecule has 22 heteroatoms. The fraction of sp³-hybridized carbons (Fsp3) is 0.404. The lowest BCUT2D eigenvalue weighted by Crippen LogP contribution is -2.40. The Bertz CT molecular complexity index is 3200. The molecule has 8 rings (SSSR count). The van der Waals surface area contributed by atoms with Gasteiger partial charge in [0.2, 0.25) is 0 Å². The molecule has 0 radical (unpaired) electrons. The first-order chi connectivity index (χ1) is 34.4. The molecule has 3 aromatic heterocycles. The number of carbonyl (C=O) groups is 3. The lowest BCUT2D eigenvalue weighted by Gasteiger charge is -2.27. The Kier molecular flexibility index (Phi) is 13.9. The molecule has 3 aliphatic heterocycles. The van der Waals surface area contributed by atoms with Crippen molar-refractivity contribution >= 4 is 39.9 Å². The second-order valence-electron chi connectivity index (χ2n) is 19.0. The van der Waals surface area contributed by atoms with E-state index in [-0.39, 0.29) is 70.3 Å². The minimum Gasteiger partial charge on any atom is -0.469 e. The van der Waals surface area contributed by atoms with Gasteiger partial charge in [-0.25, -0.2) is 0 Å². The number of amides is 2. The van der Waals surface area contributed by atoms with Crippen LogP contribution in [0.4, 0.5) is 52.7 Å². The number of H-pyrrole nitrogens is 2. The van der Waals surface area contributed by atoms with Crippen molar-refractivity contribution in [1.29, 1.82) is 0 Å². The number of carbonyl (C=O) groups excluding carboxylic acids is 3. The van der Waals surface area contributed by atoms with E-state index in [4.69, 9.17) is 14.7 Å². The second-order valence-corrected chi connectivity index (χ2v) is 19.0. The van der Waals surface area contributed by atoms with E-state index in [1.807, 2.05) is 13.8 Å². The molecule has 0 saturated heterocycles. The average Bonchev–Trinajstić information content (AvgIpc) is 4.00. The van der Waals surface area contributed by atoms with Crippen molar-refractivity contribution in [3.63, 3.8) is 0 Å². The van der Waals surface area contributed by atoms with E-state index in [2.05, 4.69) is 15.3 Å². The summed E-state index contributed by atoms with van der Waals surface area (Å²) in [7, 11) is 1.18. The van der Waals surface area contributed by atoms with Crippen molar-refractivity contribution in [2.75, 3.05) is 7.11 Å². The number of ether oxygens (including phenoxy) is 1. The van der Waals surface area contributed by atoms with Gasteiger partial charge in [-0.05, 0) is 116 Å². The molecule has 0 spiro atoms. The van der Waals surface area contributed by atoms with Crippen molar-refractivity contribution in [3.05, 3.63) is 139 Å². The van der Waals surface area contributed by atoms with Crippen LogP contribution >= 0.6 is 0 Å². The van der Waals surface area contributed by atoms with Crippen LogP contribution in [0, 0.1) is 13.8 Å². The molecule has 8 bridgehead atoms. The predicted molar refractivity (Wildman–Crippen MR) is 247 cm³/mol. The minimum absolute atomic E-state index is 0.0110. The van der Waals surface area contributed by atoms with E-state index >= 15 is 4.79 Å². The van der Waals surface area contributed by atoms with Gasteiger partial charge >= 0.3 is 30.7 Å². The standard InChI is InChI=1S/C52H48F12N6O4/c1-8-33-22(2)35-19-40-42(26(6)65-20-27-11-29(49(53,54)55)15-30(12-27)50(56,57)58)24(4)37(67-40)17-36-23(3)34(9-10-41(71)74-7)45(68-36)44-46-43(25(5)38(69-46)18-39(33)66-35)47(72)70(48(44)73)21-28-13-31(51(59,60)61)16-32(14-28)52(62,63)64/h11-19,22-23,26,33-34,65,67,69H,8-10,20-21H2,1-7H3/t22-,23+,26?,33-,34+/m1/s1. The van der Waals surface area contributed by atoms with Crippen LogP contribution in [0.3, 0.4) is 0 Å². The number of rotatable bonds is 10. The zero-order valence-electron chi connectivity index (χ0n) is 40.6. The van der Waals surface area contributed by atoms with Crippen LogP contribution in [-0.4, -0.2) is 49.7 Å². The van der Waals surface area contributed by atoms with Crippen LogP contribution in [0.15, 0.2) is 54.6 Å². The molecule has 0 aliphatic carbocycles. The van der Waals surface area contributed by atoms with Crippen LogP contribution in [0.5, 0.6) is 0 Å². The van der Waals surface area contributed by atoms with E-state index in [0.29, 0.717) is 80.3 Å². The van der Waals surface area contributed by atoms with Gasteiger partial charge in [-0.15, -0.1) is 0 Å². The summed E-state index contributed by atoms with van der Waals surface area (Å²) >= 11 is 0. The molecule has 0 fully saturated rings. The summed E-state index contributed by atoms with van der Waals surface area (Å²) in [6.45, 7) is 9.19. The molecule has 3 N–H and O–H groups in total. The Morgan fingerprint density at radius 2 is 1.15 bits per heavy atom. The number of aromatic amines is 2. The van der Waals surface area contributed by atoms with Crippen LogP contribution in [0.2, 0.25) is 0 Å². The summed E-state index contributed by atoms with van der Waals surface area (Å²) in [5.74, 6) is -4.65. The SMILES string of the molecule is CC[C@H]1c2cc3[nH]c4c(c5nc(cc6[nH]c(cc(n2)[C@@H]1C)c(C(C)NCc1cc(C(F)(F)F)cc(C(F)(F)F)c1)c6C)[C@@H](C)[C@@H]5CCC(=O)OC)C(=O)N(Cc1cc(C(F)(F)F)cc(C(F)(F)F)c1)C(=O)c4c3C. The number of esters is 1. The third-order valence-electron chi connectivity index (χ3n) is 14.3. The maximum Gasteiger partial charge on any atom is 0.416 e. The number of imide groups is 1. The highest BCUT2D eigenvalue weighted by atomic mass is 19.4. The van der Waals surface area contributed by atoms with Crippen LogP contribution in [0.1, 0.15) is 170 Å². The number of fused-ring (bicyclic) bond motifs is 8. The number of hydrogen-bond acceptors (Lipinski definition) is 7.